The molecule has 0 bridgehead atoms. The predicted molar refractivity (Wildman–Crippen MR) is 76.4 cm³/mol. The molecule has 1 aliphatic rings. The van der Waals surface area contributed by atoms with Gasteiger partial charge in [0.25, 0.3) is 0 Å². The number of carbonyl (C=O) groups is 1. The van der Waals surface area contributed by atoms with Gasteiger partial charge in [0.05, 0.1) is 17.5 Å². The van der Waals surface area contributed by atoms with E-state index in [0.29, 0.717) is 18.1 Å². The van der Waals surface area contributed by atoms with Gasteiger partial charge in [0.15, 0.2) is 0 Å². The molecule has 1 unspecified atom stereocenters. The molecule has 5 heteroatoms. The van der Waals surface area contributed by atoms with E-state index in [1.807, 2.05) is 6.92 Å². The van der Waals surface area contributed by atoms with Crippen molar-refractivity contribution in [3.05, 3.63) is 0 Å². The maximum absolute atomic E-state index is 12.1. The number of amides is 1. The Kier molecular flexibility index (Phi) is 6.57. The molecule has 1 amide bonds. The van der Waals surface area contributed by atoms with E-state index < -0.39 is 0 Å². The Labute approximate surface area is 115 Å². The average molecular weight is 272 g/mol. The molecule has 1 rings (SSSR count). The number of likely N-dealkylation sites (N-methyl/N-ethyl adjacent to an activating group) is 1. The van der Waals surface area contributed by atoms with Crippen LogP contribution in [0.1, 0.15) is 32.6 Å². The molecule has 0 saturated heterocycles. The molecular formula is C13H24N2O2S. The number of carbonyl (C=O) groups excluding carboxylic acids is 1. The van der Waals surface area contributed by atoms with Crippen molar-refractivity contribution in [2.45, 2.75) is 32.6 Å². The quantitative estimate of drug-likeness (QED) is 0.511. The molecule has 0 aliphatic heterocycles. The molecule has 1 fully saturated rings. The summed E-state index contributed by atoms with van der Waals surface area (Å²) in [6.45, 7) is 4.05. The van der Waals surface area contributed by atoms with Crippen LogP contribution >= 0.6 is 12.2 Å². The lowest BCUT2D eigenvalue weighted by atomic mass is 10.0. The zero-order valence-electron chi connectivity index (χ0n) is 11.4. The molecule has 0 aromatic heterocycles. The van der Waals surface area contributed by atoms with Crippen LogP contribution in [0.4, 0.5) is 0 Å². The van der Waals surface area contributed by atoms with Crippen LogP contribution in [0.5, 0.6) is 0 Å². The molecule has 0 radical (unpaired) electrons. The number of nitrogens with zero attached hydrogens (tertiary/aromatic N) is 1. The highest BCUT2D eigenvalue weighted by atomic mass is 32.1. The first-order chi connectivity index (χ1) is 8.56. The van der Waals surface area contributed by atoms with E-state index in [1.54, 1.807) is 11.9 Å². The van der Waals surface area contributed by atoms with Crippen LogP contribution in [0.3, 0.4) is 0 Å². The summed E-state index contributed by atoms with van der Waals surface area (Å²) in [7, 11) is 1.78. The third kappa shape index (κ3) is 5.31. The van der Waals surface area contributed by atoms with Crippen LogP contribution in [-0.4, -0.2) is 42.6 Å². The van der Waals surface area contributed by atoms with Crippen molar-refractivity contribution in [1.82, 2.24) is 4.90 Å². The minimum absolute atomic E-state index is 0.0133. The second-order valence-corrected chi connectivity index (χ2v) is 5.49. The summed E-state index contributed by atoms with van der Waals surface area (Å²) in [4.78, 5) is 14.1. The molecule has 18 heavy (non-hydrogen) atoms. The van der Waals surface area contributed by atoms with Gasteiger partial charge in [-0.3, -0.25) is 4.79 Å². The molecule has 0 spiro atoms. The van der Waals surface area contributed by atoms with Gasteiger partial charge in [-0.1, -0.05) is 25.6 Å². The normalized spacial score (nSPS) is 16.3. The van der Waals surface area contributed by atoms with Gasteiger partial charge in [0, 0.05) is 20.2 Å². The van der Waals surface area contributed by atoms with Crippen molar-refractivity contribution in [3.63, 3.8) is 0 Å². The van der Waals surface area contributed by atoms with E-state index in [0.717, 1.165) is 25.4 Å². The fourth-order valence-corrected chi connectivity index (χ4v) is 2.01. The number of rotatable bonds is 9. The summed E-state index contributed by atoms with van der Waals surface area (Å²) >= 11 is 4.95. The van der Waals surface area contributed by atoms with Gasteiger partial charge in [0.1, 0.15) is 0 Å². The maximum atomic E-state index is 12.1. The standard InChI is InChI=1S/C13H24N2O2S/c1-3-4-11(12(14)18)13(16)15(2)7-8-17-9-10-5-6-10/h10-11H,3-9H2,1-2H3,(H2,14,18). The Morgan fingerprint density at radius 1 is 1.56 bits per heavy atom. The zero-order valence-corrected chi connectivity index (χ0v) is 12.2. The van der Waals surface area contributed by atoms with E-state index in [2.05, 4.69) is 0 Å². The van der Waals surface area contributed by atoms with Gasteiger partial charge in [-0.05, 0) is 25.2 Å². The van der Waals surface area contributed by atoms with E-state index >= 15 is 0 Å². The minimum Gasteiger partial charge on any atom is -0.393 e. The lowest BCUT2D eigenvalue weighted by Crippen LogP contribution is -2.40. The molecule has 0 heterocycles. The summed E-state index contributed by atoms with van der Waals surface area (Å²) in [6.07, 6.45) is 4.20. The van der Waals surface area contributed by atoms with Crippen molar-refractivity contribution in [2.24, 2.45) is 17.6 Å². The molecule has 0 aromatic rings. The van der Waals surface area contributed by atoms with Crippen LogP contribution in [0.2, 0.25) is 0 Å². The summed E-state index contributed by atoms with van der Waals surface area (Å²) in [6, 6.07) is 0. The lowest BCUT2D eigenvalue weighted by Gasteiger charge is -2.22. The summed E-state index contributed by atoms with van der Waals surface area (Å²) < 4.78 is 5.52. The molecular weight excluding hydrogens is 248 g/mol. The first-order valence-corrected chi connectivity index (χ1v) is 7.09. The highest BCUT2D eigenvalue weighted by Crippen LogP contribution is 2.28. The van der Waals surface area contributed by atoms with Crippen LogP contribution in [0.25, 0.3) is 0 Å². The summed E-state index contributed by atoms with van der Waals surface area (Å²) in [5.74, 6) is 0.452. The van der Waals surface area contributed by atoms with E-state index in [9.17, 15) is 4.79 Å². The molecule has 1 atom stereocenters. The zero-order chi connectivity index (χ0) is 13.5. The van der Waals surface area contributed by atoms with Crippen LogP contribution < -0.4 is 5.73 Å². The number of thiocarbonyl (C=S) groups is 1. The maximum Gasteiger partial charge on any atom is 0.232 e. The van der Waals surface area contributed by atoms with Gasteiger partial charge >= 0.3 is 0 Å². The van der Waals surface area contributed by atoms with Crippen molar-refractivity contribution in [1.29, 1.82) is 0 Å². The number of hydrogen-bond donors (Lipinski definition) is 1. The Balaban J connectivity index is 2.25. The Morgan fingerprint density at radius 3 is 2.72 bits per heavy atom. The van der Waals surface area contributed by atoms with Crippen LogP contribution in [-0.2, 0) is 9.53 Å². The van der Waals surface area contributed by atoms with Gasteiger partial charge in [-0.2, -0.15) is 0 Å². The second kappa shape index (κ2) is 7.69. The SMILES string of the molecule is CCCC(C(=O)N(C)CCOCC1CC1)C(N)=S. The van der Waals surface area contributed by atoms with Gasteiger partial charge < -0.3 is 15.4 Å². The first kappa shape index (κ1) is 15.4. The molecule has 1 aliphatic carbocycles. The topological polar surface area (TPSA) is 55.6 Å². The van der Waals surface area contributed by atoms with Crippen molar-refractivity contribution in [3.8, 4) is 0 Å². The number of nitrogens with two attached hydrogens (primary N) is 1. The highest BCUT2D eigenvalue weighted by molar-refractivity contribution is 7.80. The second-order valence-electron chi connectivity index (χ2n) is 5.02. The van der Waals surface area contributed by atoms with Crippen LogP contribution in [0.15, 0.2) is 0 Å². The van der Waals surface area contributed by atoms with Gasteiger partial charge in [0.2, 0.25) is 5.91 Å². The van der Waals surface area contributed by atoms with Crippen LogP contribution in [0, 0.1) is 11.8 Å². The van der Waals surface area contributed by atoms with Crippen molar-refractivity contribution < 1.29 is 9.53 Å². The Bertz CT molecular complexity index is 293. The Hall–Kier alpha value is -0.680. The van der Waals surface area contributed by atoms with E-state index in [-0.39, 0.29) is 11.8 Å². The van der Waals surface area contributed by atoms with Crippen molar-refractivity contribution in [2.75, 3.05) is 26.8 Å². The predicted octanol–water partition coefficient (Wildman–Crippen LogP) is 1.57. The third-order valence-electron chi connectivity index (χ3n) is 3.22. The third-order valence-corrected chi connectivity index (χ3v) is 3.50. The Morgan fingerprint density at radius 2 is 2.22 bits per heavy atom. The molecule has 2 N–H and O–H groups in total. The lowest BCUT2D eigenvalue weighted by molar-refractivity contribution is -0.132. The van der Waals surface area contributed by atoms with Gasteiger partial charge in [-0.25, -0.2) is 0 Å². The molecule has 4 nitrogen and oxygen atoms in total. The molecule has 0 aromatic carbocycles. The summed E-state index contributed by atoms with van der Waals surface area (Å²) in [5.41, 5.74) is 5.62. The molecule has 1 saturated carbocycles. The molecule has 104 valence electrons. The fourth-order valence-electron chi connectivity index (χ4n) is 1.79. The monoisotopic (exact) mass is 272 g/mol. The van der Waals surface area contributed by atoms with Gasteiger partial charge in [-0.15, -0.1) is 0 Å². The highest BCUT2D eigenvalue weighted by Gasteiger charge is 2.24. The fraction of sp³-hybridized carbons (Fsp3) is 0.846. The number of ether oxygens (including phenoxy) is 1. The largest absolute Gasteiger partial charge is 0.393 e. The minimum atomic E-state index is -0.321. The summed E-state index contributed by atoms with van der Waals surface area (Å²) in [5, 5.41) is 0. The van der Waals surface area contributed by atoms with Crippen molar-refractivity contribution >= 4 is 23.1 Å². The average Bonchev–Trinajstić information content (AvgIpc) is 3.14. The first-order valence-electron chi connectivity index (χ1n) is 6.68. The number of hydrogen-bond acceptors (Lipinski definition) is 3. The van der Waals surface area contributed by atoms with E-state index in [1.165, 1.54) is 12.8 Å². The smallest absolute Gasteiger partial charge is 0.232 e. The van der Waals surface area contributed by atoms with E-state index in [4.69, 9.17) is 22.7 Å².